The van der Waals surface area contributed by atoms with Gasteiger partial charge in [-0.25, -0.2) is 13.2 Å². The lowest BCUT2D eigenvalue weighted by molar-refractivity contribution is 0.391. The van der Waals surface area contributed by atoms with E-state index in [9.17, 15) is 13.2 Å². The lowest BCUT2D eigenvalue weighted by Gasteiger charge is -2.05. The Morgan fingerprint density at radius 3 is 2.47 bits per heavy atom. The summed E-state index contributed by atoms with van der Waals surface area (Å²) in [4.78, 5) is 0. The van der Waals surface area contributed by atoms with Crippen LogP contribution in [0.4, 0.5) is 18.9 Å². The van der Waals surface area contributed by atoms with Gasteiger partial charge in [-0.2, -0.15) is 0 Å². The maximum absolute atomic E-state index is 13.2. The third-order valence-corrected chi connectivity index (χ3v) is 2.15. The fourth-order valence-electron chi connectivity index (χ4n) is 1.35. The first-order chi connectivity index (χ1) is 8.06. The van der Waals surface area contributed by atoms with E-state index in [1.54, 1.807) is 13.0 Å². The molecule has 0 aliphatic heterocycles. The largest absolute Gasteiger partial charge is 0.377 e. The summed E-state index contributed by atoms with van der Waals surface area (Å²) in [6.07, 6.45) is 0. The van der Waals surface area contributed by atoms with Crippen LogP contribution in [0.3, 0.4) is 0 Å². The first kappa shape index (κ1) is 11.5. The van der Waals surface area contributed by atoms with Gasteiger partial charge in [0, 0.05) is 18.2 Å². The number of aryl methyl sites for hydroxylation is 1. The highest BCUT2D eigenvalue weighted by atomic mass is 19.2. The van der Waals surface area contributed by atoms with Crippen molar-refractivity contribution in [2.45, 2.75) is 13.5 Å². The average molecular weight is 242 g/mol. The van der Waals surface area contributed by atoms with Gasteiger partial charge in [0.15, 0.2) is 11.6 Å². The van der Waals surface area contributed by atoms with E-state index in [1.807, 2.05) is 0 Å². The van der Waals surface area contributed by atoms with Gasteiger partial charge in [-0.05, 0) is 6.92 Å². The van der Waals surface area contributed by atoms with Crippen LogP contribution in [0.25, 0.3) is 0 Å². The molecule has 1 N–H and O–H groups in total. The molecular weight excluding hydrogens is 233 g/mol. The Bertz CT molecular complexity index is 540. The lowest BCUT2D eigenvalue weighted by Crippen LogP contribution is -2.03. The van der Waals surface area contributed by atoms with E-state index in [-0.39, 0.29) is 12.2 Å². The molecule has 0 saturated carbocycles. The fraction of sp³-hybridized carbons (Fsp3) is 0.182. The molecule has 0 amide bonds. The number of aromatic nitrogens is 1. The van der Waals surface area contributed by atoms with Gasteiger partial charge in [-0.3, -0.25) is 0 Å². The van der Waals surface area contributed by atoms with Crippen molar-refractivity contribution in [3.63, 3.8) is 0 Å². The molecule has 6 heteroatoms. The Morgan fingerprint density at radius 1 is 1.12 bits per heavy atom. The molecule has 17 heavy (non-hydrogen) atoms. The van der Waals surface area contributed by atoms with Gasteiger partial charge in [0.2, 0.25) is 0 Å². The number of hydrogen-bond donors (Lipinski definition) is 1. The number of rotatable bonds is 3. The van der Waals surface area contributed by atoms with Crippen molar-refractivity contribution in [1.29, 1.82) is 0 Å². The zero-order valence-corrected chi connectivity index (χ0v) is 8.93. The van der Waals surface area contributed by atoms with Gasteiger partial charge in [0.1, 0.15) is 17.3 Å². The first-order valence-electron chi connectivity index (χ1n) is 4.87. The average Bonchev–Trinajstić information content (AvgIpc) is 2.68. The van der Waals surface area contributed by atoms with E-state index in [4.69, 9.17) is 4.52 Å². The van der Waals surface area contributed by atoms with Gasteiger partial charge < -0.3 is 9.84 Å². The molecule has 0 unspecified atom stereocenters. The van der Waals surface area contributed by atoms with Crippen LogP contribution in [-0.4, -0.2) is 5.16 Å². The van der Waals surface area contributed by atoms with E-state index in [0.717, 1.165) is 6.07 Å². The van der Waals surface area contributed by atoms with Crippen LogP contribution in [0, 0.1) is 24.4 Å². The van der Waals surface area contributed by atoms with Crippen molar-refractivity contribution in [3.05, 3.63) is 47.1 Å². The molecule has 0 aliphatic rings. The molecule has 0 spiro atoms. The van der Waals surface area contributed by atoms with E-state index in [0.29, 0.717) is 17.5 Å². The number of benzene rings is 1. The molecule has 0 radical (unpaired) electrons. The summed E-state index contributed by atoms with van der Waals surface area (Å²) in [5, 5.41) is 6.28. The normalized spacial score (nSPS) is 10.6. The van der Waals surface area contributed by atoms with Crippen molar-refractivity contribution in [3.8, 4) is 0 Å². The maximum atomic E-state index is 13.2. The van der Waals surface area contributed by atoms with Crippen molar-refractivity contribution in [1.82, 2.24) is 5.16 Å². The maximum Gasteiger partial charge on any atom is 0.161 e. The second-order valence-electron chi connectivity index (χ2n) is 3.53. The molecule has 0 aliphatic carbocycles. The minimum Gasteiger partial charge on any atom is -0.377 e. The molecule has 2 rings (SSSR count). The smallest absolute Gasteiger partial charge is 0.161 e. The van der Waals surface area contributed by atoms with Crippen molar-refractivity contribution >= 4 is 5.69 Å². The van der Waals surface area contributed by atoms with Crippen LogP contribution in [0.15, 0.2) is 22.7 Å². The van der Waals surface area contributed by atoms with Crippen molar-refractivity contribution < 1.29 is 17.7 Å². The zero-order chi connectivity index (χ0) is 12.4. The van der Waals surface area contributed by atoms with Crippen LogP contribution in [0.5, 0.6) is 0 Å². The predicted octanol–water partition coefficient (Wildman–Crippen LogP) is 3.01. The third-order valence-electron chi connectivity index (χ3n) is 2.15. The monoisotopic (exact) mass is 242 g/mol. The van der Waals surface area contributed by atoms with Crippen molar-refractivity contribution in [2.75, 3.05) is 5.32 Å². The van der Waals surface area contributed by atoms with Gasteiger partial charge in [0.25, 0.3) is 0 Å². The summed E-state index contributed by atoms with van der Waals surface area (Å²) in [5.41, 5.74) is 0.427. The quantitative estimate of drug-likeness (QED) is 0.841. The Kier molecular flexibility index (Phi) is 3.03. The number of hydrogen-bond acceptors (Lipinski definition) is 3. The highest BCUT2D eigenvalue weighted by molar-refractivity contribution is 5.45. The fourth-order valence-corrected chi connectivity index (χ4v) is 1.35. The molecule has 2 aromatic rings. The highest BCUT2D eigenvalue weighted by Crippen LogP contribution is 2.19. The molecule has 1 heterocycles. The summed E-state index contributed by atoms with van der Waals surface area (Å²) >= 11 is 0. The molecule has 1 aromatic heterocycles. The SMILES string of the molecule is Cc1cc(CNc2cc(F)c(F)cc2F)no1. The minimum absolute atomic E-state index is 0.121. The number of anilines is 1. The second kappa shape index (κ2) is 4.48. The molecular formula is C11H9F3N2O. The van der Waals surface area contributed by atoms with Crippen molar-refractivity contribution in [2.24, 2.45) is 0 Å². The van der Waals surface area contributed by atoms with Gasteiger partial charge in [-0.15, -0.1) is 0 Å². The molecule has 0 saturated heterocycles. The standard InChI is InChI=1S/C11H9F3N2O/c1-6-2-7(16-17-6)5-15-11-4-9(13)8(12)3-10(11)14/h2-4,15H,5H2,1H3. The van der Waals surface area contributed by atoms with Crippen LogP contribution in [0.2, 0.25) is 0 Å². The van der Waals surface area contributed by atoms with Crippen LogP contribution in [-0.2, 0) is 6.54 Å². The van der Waals surface area contributed by atoms with Gasteiger partial charge in [0.05, 0.1) is 12.2 Å². The van der Waals surface area contributed by atoms with Crippen LogP contribution >= 0.6 is 0 Å². The summed E-state index contributed by atoms with van der Waals surface area (Å²) in [6.45, 7) is 1.88. The summed E-state index contributed by atoms with van der Waals surface area (Å²) in [7, 11) is 0. The molecule has 0 bridgehead atoms. The Labute approximate surface area is 95.2 Å². The Balaban J connectivity index is 2.11. The van der Waals surface area contributed by atoms with E-state index in [2.05, 4.69) is 10.5 Å². The summed E-state index contributed by atoms with van der Waals surface area (Å²) < 4.78 is 43.6. The highest BCUT2D eigenvalue weighted by Gasteiger charge is 2.10. The Morgan fingerprint density at radius 2 is 1.82 bits per heavy atom. The number of nitrogens with one attached hydrogen (secondary N) is 1. The van der Waals surface area contributed by atoms with Crippen LogP contribution in [0.1, 0.15) is 11.5 Å². The molecule has 0 atom stereocenters. The topological polar surface area (TPSA) is 38.1 Å². The lowest BCUT2D eigenvalue weighted by atomic mass is 10.2. The number of halogens is 3. The van der Waals surface area contributed by atoms with E-state index < -0.39 is 17.5 Å². The van der Waals surface area contributed by atoms with Gasteiger partial charge >= 0.3 is 0 Å². The van der Waals surface area contributed by atoms with Gasteiger partial charge in [-0.1, -0.05) is 5.16 Å². The Hall–Kier alpha value is -1.98. The summed E-state index contributed by atoms with van der Waals surface area (Å²) in [5.74, 6) is -2.56. The molecule has 90 valence electrons. The van der Waals surface area contributed by atoms with E-state index >= 15 is 0 Å². The number of nitrogens with zero attached hydrogens (tertiary/aromatic N) is 1. The molecule has 3 nitrogen and oxygen atoms in total. The molecule has 0 fully saturated rings. The minimum atomic E-state index is -1.22. The molecule has 1 aromatic carbocycles. The predicted molar refractivity (Wildman–Crippen MR) is 54.9 cm³/mol. The second-order valence-corrected chi connectivity index (χ2v) is 3.53. The van der Waals surface area contributed by atoms with Crippen LogP contribution < -0.4 is 5.32 Å². The first-order valence-corrected chi connectivity index (χ1v) is 4.87. The zero-order valence-electron chi connectivity index (χ0n) is 8.93. The third kappa shape index (κ3) is 2.58. The summed E-state index contributed by atoms with van der Waals surface area (Å²) in [6, 6.07) is 2.91. The van der Waals surface area contributed by atoms with E-state index in [1.165, 1.54) is 0 Å².